The molecule has 0 saturated carbocycles. The Labute approximate surface area is 155 Å². The van der Waals surface area contributed by atoms with Crippen molar-refractivity contribution in [3.8, 4) is 11.1 Å². The first-order valence-corrected chi connectivity index (χ1v) is 10.0. The number of aryl methyl sites for hydroxylation is 2. The molecular formula is C21H24N2O2S. The van der Waals surface area contributed by atoms with Gasteiger partial charge < -0.3 is 4.98 Å². The maximum Gasteiger partial charge on any atom is 0.233 e. The van der Waals surface area contributed by atoms with Gasteiger partial charge >= 0.3 is 0 Å². The molecule has 0 unspecified atom stereocenters. The summed E-state index contributed by atoms with van der Waals surface area (Å²) in [5.41, 5.74) is 5.82. The van der Waals surface area contributed by atoms with Crippen molar-refractivity contribution in [1.82, 2.24) is 9.71 Å². The predicted octanol–water partition coefficient (Wildman–Crippen LogP) is 4.75. The summed E-state index contributed by atoms with van der Waals surface area (Å²) in [6.45, 7) is 11.2. The Morgan fingerprint density at radius 1 is 1.12 bits per heavy atom. The van der Waals surface area contributed by atoms with Crippen LogP contribution >= 0.6 is 0 Å². The van der Waals surface area contributed by atoms with Crippen molar-refractivity contribution >= 4 is 20.9 Å². The molecule has 2 N–H and O–H groups in total. The highest BCUT2D eigenvalue weighted by Crippen LogP contribution is 2.34. The SMILES string of the molecule is C=CS(=O)(=O)NC(C)(C)c1cccc(-c2cccc3[nH]c(C)c(C)c23)c1. The molecule has 0 amide bonds. The average molecular weight is 369 g/mol. The summed E-state index contributed by atoms with van der Waals surface area (Å²) in [4.78, 5) is 3.42. The molecule has 3 aromatic rings. The first kappa shape index (κ1) is 18.4. The molecule has 26 heavy (non-hydrogen) atoms. The molecule has 4 nitrogen and oxygen atoms in total. The zero-order valence-electron chi connectivity index (χ0n) is 15.6. The zero-order chi connectivity index (χ0) is 19.1. The lowest BCUT2D eigenvalue weighted by atomic mass is 9.91. The van der Waals surface area contributed by atoms with Gasteiger partial charge in [-0.25, -0.2) is 13.1 Å². The lowest BCUT2D eigenvalue weighted by Crippen LogP contribution is -2.39. The van der Waals surface area contributed by atoms with Crippen molar-refractivity contribution < 1.29 is 8.42 Å². The number of sulfonamides is 1. The van der Waals surface area contributed by atoms with Crippen LogP contribution in [0, 0.1) is 13.8 Å². The standard InChI is InChI=1S/C21H24N2O2S/c1-6-26(24,25)23-21(4,5)17-10-7-9-16(13-17)18-11-8-12-19-20(18)14(2)15(3)22-19/h6-13,22-23H,1H2,2-5H3. The van der Waals surface area contributed by atoms with Crippen molar-refractivity contribution in [2.75, 3.05) is 0 Å². The fourth-order valence-corrected chi connectivity index (χ4v) is 4.23. The van der Waals surface area contributed by atoms with Crippen LogP contribution in [0.4, 0.5) is 0 Å². The fourth-order valence-electron chi connectivity index (χ4n) is 3.32. The van der Waals surface area contributed by atoms with E-state index in [2.05, 4.69) is 48.3 Å². The number of nitrogens with one attached hydrogen (secondary N) is 2. The third-order valence-electron chi connectivity index (χ3n) is 4.84. The largest absolute Gasteiger partial charge is 0.358 e. The molecule has 0 atom stereocenters. The van der Waals surface area contributed by atoms with Crippen molar-refractivity contribution in [3.63, 3.8) is 0 Å². The minimum atomic E-state index is -3.53. The lowest BCUT2D eigenvalue weighted by molar-refractivity contribution is 0.476. The van der Waals surface area contributed by atoms with E-state index in [0.29, 0.717) is 0 Å². The Bertz CT molecular complexity index is 1090. The normalized spacial score (nSPS) is 12.5. The number of benzene rings is 2. The number of fused-ring (bicyclic) bond motifs is 1. The van der Waals surface area contributed by atoms with Gasteiger partial charge in [0.15, 0.2) is 0 Å². The Morgan fingerprint density at radius 3 is 2.50 bits per heavy atom. The third-order valence-corrected chi connectivity index (χ3v) is 6.07. The highest BCUT2D eigenvalue weighted by molar-refractivity contribution is 7.92. The van der Waals surface area contributed by atoms with Crippen LogP contribution in [0.25, 0.3) is 22.0 Å². The van der Waals surface area contributed by atoms with Gasteiger partial charge in [0.2, 0.25) is 10.0 Å². The number of aromatic nitrogens is 1. The predicted molar refractivity (Wildman–Crippen MR) is 108 cm³/mol. The van der Waals surface area contributed by atoms with Crippen molar-refractivity contribution in [1.29, 1.82) is 0 Å². The molecule has 3 rings (SSSR count). The number of aromatic amines is 1. The van der Waals surface area contributed by atoms with E-state index in [-0.39, 0.29) is 0 Å². The number of H-pyrrole nitrogens is 1. The second kappa shape index (κ2) is 6.41. The van der Waals surface area contributed by atoms with E-state index in [1.54, 1.807) is 0 Å². The molecule has 0 aliphatic rings. The molecule has 0 fully saturated rings. The van der Waals surface area contributed by atoms with Gasteiger partial charge in [-0.05, 0) is 62.1 Å². The Balaban J connectivity index is 2.13. The molecule has 0 spiro atoms. The summed E-state index contributed by atoms with van der Waals surface area (Å²) in [5, 5.41) is 2.14. The van der Waals surface area contributed by atoms with Crippen LogP contribution in [0.5, 0.6) is 0 Å². The summed E-state index contributed by atoms with van der Waals surface area (Å²) in [6, 6.07) is 14.2. The second-order valence-electron chi connectivity index (χ2n) is 7.12. The summed E-state index contributed by atoms with van der Waals surface area (Å²) >= 11 is 0. The minimum Gasteiger partial charge on any atom is -0.358 e. The monoisotopic (exact) mass is 368 g/mol. The minimum absolute atomic E-state index is 0.750. The molecule has 1 aromatic heterocycles. The van der Waals surface area contributed by atoms with E-state index < -0.39 is 15.6 Å². The highest BCUT2D eigenvalue weighted by Gasteiger charge is 2.25. The number of hydrogen-bond donors (Lipinski definition) is 2. The van der Waals surface area contributed by atoms with Crippen LogP contribution < -0.4 is 4.72 Å². The van der Waals surface area contributed by atoms with Gasteiger partial charge in [-0.15, -0.1) is 0 Å². The Morgan fingerprint density at radius 2 is 1.81 bits per heavy atom. The van der Waals surface area contributed by atoms with Crippen LogP contribution in [0.1, 0.15) is 30.7 Å². The van der Waals surface area contributed by atoms with Crippen LogP contribution in [-0.2, 0) is 15.6 Å². The van der Waals surface area contributed by atoms with E-state index in [0.717, 1.165) is 33.3 Å². The molecule has 0 saturated heterocycles. The van der Waals surface area contributed by atoms with E-state index in [9.17, 15) is 8.42 Å². The van der Waals surface area contributed by atoms with Crippen LogP contribution in [-0.4, -0.2) is 13.4 Å². The topological polar surface area (TPSA) is 62.0 Å². The van der Waals surface area contributed by atoms with Gasteiger partial charge in [0.25, 0.3) is 0 Å². The van der Waals surface area contributed by atoms with Crippen LogP contribution in [0.2, 0.25) is 0 Å². The van der Waals surface area contributed by atoms with Gasteiger partial charge in [-0.3, -0.25) is 0 Å². The van der Waals surface area contributed by atoms with Crippen LogP contribution in [0.15, 0.2) is 54.5 Å². The molecule has 0 aliphatic heterocycles. The van der Waals surface area contributed by atoms with Gasteiger partial charge in [0, 0.05) is 22.0 Å². The maximum atomic E-state index is 11.9. The second-order valence-corrected chi connectivity index (χ2v) is 8.75. The Hall–Kier alpha value is -2.37. The summed E-state index contributed by atoms with van der Waals surface area (Å²) in [6.07, 6.45) is 0. The van der Waals surface area contributed by atoms with E-state index in [4.69, 9.17) is 0 Å². The summed E-state index contributed by atoms with van der Waals surface area (Å²) in [7, 11) is -3.53. The Kier molecular flexibility index (Phi) is 4.54. The van der Waals surface area contributed by atoms with Gasteiger partial charge in [0.1, 0.15) is 0 Å². The number of hydrogen-bond acceptors (Lipinski definition) is 2. The average Bonchev–Trinajstić information content (AvgIpc) is 2.89. The number of rotatable bonds is 5. The van der Waals surface area contributed by atoms with Gasteiger partial charge in [0.05, 0.1) is 5.54 Å². The lowest BCUT2D eigenvalue weighted by Gasteiger charge is -2.26. The van der Waals surface area contributed by atoms with Gasteiger partial charge in [-0.2, -0.15) is 0 Å². The molecule has 136 valence electrons. The summed E-state index contributed by atoms with van der Waals surface area (Å²) < 4.78 is 26.5. The van der Waals surface area contributed by atoms with E-state index in [1.807, 2.05) is 38.1 Å². The van der Waals surface area contributed by atoms with Crippen molar-refractivity contribution in [2.45, 2.75) is 33.2 Å². The zero-order valence-corrected chi connectivity index (χ0v) is 16.4. The fraction of sp³-hybridized carbons (Fsp3) is 0.238. The first-order chi connectivity index (χ1) is 12.1. The highest BCUT2D eigenvalue weighted by atomic mass is 32.2. The maximum absolute atomic E-state index is 11.9. The van der Waals surface area contributed by atoms with E-state index in [1.165, 1.54) is 10.9 Å². The smallest absolute Gasteiger partial charge is 0.233 e. The molecule has 0 radical (unpaired) electrons. The molecule has 2 aromatic carbocycles. The first-order valence-electron chi connectivity index (χ1n) is 8.50. The van der Waals surface area contributed by atoms with E-state index >= 15 is 0 Å². The van der Waals surface area contributed by atoms with Crippen molar-refractivity contribution in [2.24, 2.45) is 0 Å². The van der Waals surface area contributed by atoms with Gasteiger partial charge in [-0.1, -0.05) is 36.9 Å². The van der Waals surface area contributed by atoms with Crippen molar-refractivity contribution in [3.05, 3.63) is 71.3 Å². The molecule has 5 heteroatoms. The molecule has 1 heterocycles. The molecular weight excluding hydrogens is 344 g/mol. The molecule has 0 bridgehead atoms. The summed E-state index contributed by atoms with van der Waals surface area (Å²) in [5.74, 6) is 0. The quantitative estimate of drug-likeness (QED) is 0.683. The third kappa shape index (κ3) is 3.32. The van der Waals surface area contributed by atoms with Crippen LogP contribution in [0.3, 0.4) is 0 Å². The molecule has 0 aliphatic carbocycles.